The van der Waals surface area contributed by atoms with E-state index in [9.17, 15) is 9.59 Å². The number of carbonyl (C=O) groups excluding carboxylic acids is 2. The fraction of sp³-hybridized carbons (Fsp3) is 0.412. The van der Waals surface area contributed by atoms with E-state index >= 15 is 0 Å². The first-order valence-electron chi connectivity index (χ1n) is 7.55. The zero-order chi connectivity index (χ0) is 17.0. The van der Waals surface area contributed by atoms with Crippen LogP contribution in [0.25, 0.3) is 0 Å². The van der Waals surface area contributed by atoms with Gasteiger partial charge in [0.1, 0.15) is 5.75 Å². The van der Waals surface area contributed by atoms with Crippen LogP contribution in [0.5, 0.6) is 5.75 Å². The number of amides is 2. The Hall–Kier alpha value is -2.50. The molecule has 6 heteroatoms. The van der Waals surface area contributed by atoms with Gasteiger partial charge in [-0.15, -0.1) is 0 Å². The van der Waals surface area contributed by atoms with Crippen LogP contribution in [-0.2, 0) is 9.53 Å². The molecule has 0 unspecified atom stereocenters. The summed E-state index contributed by atoms with van der Waals surface area (Å²) in [4.78, 5) is 25.6. The van der Waals surface area contributed by atoms with Gasteiger partial charge in [0, 0.05) is 12.7 Å². The molecule has 1 aromatic carbocycles. The van der Waals surface area contributed by atoms with Crippen LogP contribution in [-0.4, -0.2) is 37.7 Å². The summed E-state index contributed by atoms with van der Waals surface area (Å²) in [5.41, 5.74) is 1.81. The first-order chi connectivity index (χ1) is 11.0. The number of allylic oxidation sites excluding steroid dienone is 1. The molecule has 0 bridgehead atoms. The van der Waals surface area contributed by atoms with E-state index in [0.717, 1.165) is 17.7 Å². The van der Waals surface area contributed by atoms with Crippen molar-refractivity contribution in [1.82, 2.24) is 10.2 Å². The number of nitrogens with zero attached hydrogens (tertiary/aromatic N) is 1. The summed E-state index contributed by atoms with van der Waals surface area (Å²) >= 11 is 0. The Labute approximate surface area is 136 Å². The predicted octanol–water partition coefficient (Wildman–Crippen LogP) is 2.62. The Morgan fingerprint density at radius 1 is 1.30 bits per heavy atom. The van der Waals surface area contributed by atoms with Gasteiger partial charge in [-0.2, -0.15) is 0 Å². The molecule has 0 fully saturated rings. The minimum atomic E-state index is -0.536. The van der Waals surface area contributed by atoms with Crippen molar-refractivity contribution >= 4 is 12.0 Å². The summed E-state index contributed by atoms with van der Waals surface area (Å²) in [6.45, 7) is 4.42. The lowest BCUT2D eigenvalue weighted by molar-refractivity contribution is -0.136. The number of benzene rings is 1. The van der Waals surface area contributed by atoms with E-state index in [4.69, 9.17) is 9.47 Å². The van der Waals surface area contributed by atoms with Crippen molar-refractivity contribution in [2.75, 3.05) is 20.8 Å². The Morgan fingerprint density at radius 2 is 1.96 bits per heavy atom. The third kappa shape index (κ3) is 3.47. The molecule has 0 aromatic heterocycles. The normalized spacial score (nSPS) is 17.8. The minimum Gasteiger partial charge on any atom is -0.494 e. The van der Waals surface area contributed by atoms with Crippen molar-refractivity contribution in [2.24, 2.45) is 0 Å². The minimum absolute atomic E-state index is 0.258. The second-order valence-electron chi connectivity index (χ2n) is 5.35. The third-order valence-electron chi connectivity index (χ3n) is 3.85. The Bertz CT molecular complexity index is 622. The van der Waals surface area contributed by atoms with E-state index in [1.807, 2.05) is 31.2 Å². The van der Waals surface area contributed by atoms with Gasteiger partial charge in [0.25, 0.3) is 0 Å². The van der Waals surface area contributed by atoms with Gasteiger partial charge in [-0.25, -0.2) is 9.59 Å². The van der Waals surface area contributed by atoms with Crippen LogP contribution in [0.4, 0.5) is 4.79 Å². The average Bonchev–Trinajstić information content (AvgIpc) is 2.57. The van der Waals surface area contributed by atoms with E-state index in [1.165, 1.54) is 12.0 Å². The topological polar surface area (TPSA) is 67.9 Å². The number of carbonyl (C=O) groups is 2. The van der Waals surface area contributed by atoms with E-state index in [0.29, 0.717) is 17.9 Å². The van der Waals surface area contributed by atoms with Crippen LogP contribution in [0.2, 0.25) is 0 Å². The Kier molecular flexibility index (Phi) is 5.26. The van der Waals surface area contributed by atoms with Crippen molar-refractivity contribution in [2.45, 2.75) is 26.3 Å². The lowest BCUT2D eigenvalue weighted by atomic mass is 9.95. The van der Waals surface area contributed by atoms with Crippen molar-refractivity contribution in [3.05, 3.63) is 41.1 Å². The summed E-state index contributed by atoms with van der Waals surface area (Å²) in [6.07, 6.45) is 0.932. The van der Waals surface area contributed by atoms with Crippen LogP contribution in [0.3, 0.4) is 0 Å². The molecule has 1 N–H and O–H groups in total. The molecule has 0 saturated carbocycles. The van der Waals surface area contributed by atoms with Crippen molar-refractivity contribution in [3.8, 4) is 5.75 Å². The number of hydrogen-bond acceptors (Lipinski definition) is 4. The van der Waals surface area contributed by atoms with Crippen molar-refractivity contribution < 1.29 is 19.1 Å². The molecular formula is C17H22N2O4. The van der Waals surface area contributed by atoms with Gasteiger partial charge in [0.05, 0.1) is 25.3 Å². The zero-order valence-electron chi connectivity index (χ0n) is 13.9. The van der Waals surface area contributed by atoms with Gasteiger partial charge >= 0.3 is 12.0 Å². The van der Waals surface area contributed by atoms with Crippen LogP contribution < -0.4 is 10.1 Å². The molecule has 23 heavy (non-hydrogen) atoms. The fourth-order valence-electron chi connectivity index (χ4n) is 2.44. The number of hydrogen-bond donors (Lipinski definition) is 1. The number of ether oxygens (including phenoxy) is 2. The molecule has 1 atom stereocenters. The van der Waals surface area contributed by atoms with Crippen LogP contribution in [0.1, 0.15) is 31.9 Å². The van der Waals surface area contributed by atoms with Gasteiger partial charge in [-0.1, -0.05) is 19.1 Å². The average molecular weight is 318 g/mol. The smallest absolute Gasteiger partial charge is 0.337 e. The van der Waals surface area contributed by atoms with Gasteiger partial charge in [-0.05, 0) is 31.0 Å². The second kappa shape index (κ2) is 7.17. The molecule has 0 spiro atoms. The summed E-state index contributed by atoms with van der Waals surface area (Å²) in [5, 5.41) is 2.83. The maximum absolute atomic E-state index is 12.1. The first-order valence-corrected chi connectivity index (χ1v) is 7.55. The number of rotatable bonds is 5. The van der Waals surface area contributed by atoms with Crippen LogP contribution in [0.15, 0.2) is 35.5 Å². The number of nitrogens with one attached hydrogen (secondary N) is 1. The number of urea groups is 1. The molecule has 2 rings (SSSR count). The molecule has 2 amide bonds. The molecule has 1 aromatic rings. The number of methoxy groups -OCH3 is 1. The van der Waals surface area contributed by atoms with Crippen LogP contribution >= 0.6 is 0 Å². The number of esters is 1. The Morgan fingerprint density at radius 3 is 2.52 bits per heavy atom. The van der Waals surface area contributed by atoms with Gasteiger partial charge in [-0.3, -0.25) is 0 Å². The first kappa shape index (κ1) is 16.9. The van der Waals surface area contributed by atoms with Gasteiger partial charge in [0.15, 0.2) is 0 Å². The molecule has 124 valence electrons. The molecule has 1 heterocycles. The zero-order valence-corrected chi connectivity index (χ0v) is 13.9. The highest BCUT2D eigenvalue weighted by Gasteiger charge is 2.34. The van der Waals surface area contributed by atoms with E-state index in [2.05, 4.69) is 5.32 Å². The van der Waals surface area contributed by atoms with Crippen molar-refractivity contribution in [3.63, 3.8) is 0 Å². The van der Waals surface area contributed by atoms with E-state index < -0.39 is 12.0 Å². The molecular weight excluding hydrogens is 296 g/mol. The molecule has 1 aliphatic rings. The lowest BCUT2D eigenvalue weighted by Gasteiger charge is -2.33. The molecule has 6 nitrogen and oxygen atoms in total. The molecule has 1 aliphatic heterocycles. The summed E-state index contributed by atoms with van der Waals surface area (Å²) in [6, 6.07) is 6.56. The largest absolute Gasteiger partial charge is 0.494 e. The maximum atomic E-state index is 12.1. The third-order valence-corrected chi connectivity index (χ3v) is 3.85. The van der Waals surface area contributed by atoms with Crippen LogP contribution in [0, 0.1) is 0 Å². The molecule has 0 aliphatic carbocycles. The fourth-order valence-corrected chi connectivity index (χ4v) is 2.44. The quantitative estimate of drug-likeness (QED) is 0.847. The van der Waals surface area contributed by atoms with Gasteiger partial charge in [0.2, 0.25) is 0 Å². The van der Waals surface area contributed by atoms with Crippen molar-refractivity contribution in [1.29, 1.82) is 0 Å². The highest BCUT2D eigenvalue weighted by molar-refractivity contribution is 5.94. The highest BCUT2D eigenvalue weighted by atomic mass is 16.5. The highest BCUT2D eigenvalue weighted by Crippen LogP contribution is 2.31. The summed E-state index contributed by atoms with van der Waals surface area (Å²) in [7, 11) is 2.95. The summed E-state index contributed by atoms with van der Waals surface area (Å²) < 4.78 is 10.4. The van der Waals surface area contributed by atoms with Gasteiger partial charge < -0.3 is 19.7 Å². The lowest BCUT2D eigenvalue weighted by Crippen LogP contribution is -2.46. The molecule has 0 radical (unpaired) electrons. The summed E-state index contributed by atoms with van der Waals surface area (Å²) in [5.74, 6) is 0.306. The van der Waals surface area contributed by atoms with E-state index in [-0.39, 0.29) is 6.03 Å². The second-order valence-corrected chi connectivity index (χ2v) is 5.35. The molecule has 0 saturated heterocycles. The SMILES string of the molecule is CCCOc1ccc([C@@H]2NC(=O)N(C)C(C)=C2C(=O)OC)cc1. The monoisotopic (exact) mass is 318 g/mol. The standard InChI is InChI=1S/C17H22N2O4/c1-5-10-23-13-8-6-12(7-9-13)15-14(16(20)22-4)11(2)19(3)17(21)18-15/h6-9,15H,5,10H2,1-4H3,(H,18,21)/t15-/m0/s1. The predicted molar refractivity (Wildman–Crippen MR) is 86.0 cm³/mol. The Balaban J connectivity index is 2.35. The maximum Gasteiger partial charge on any atom is 0.337 e. The van der Waals surface area contributed by atoms with E-state index in [1.54, 1.807) is 14.0 Å².